The zero-order valence-corrected chi connectivity index (χ0v) is 47.0. The van der Waals surface area contributed by atoms with Gasteiger partial charge in [-0.2, -0.15) is 0 Å². The minimum Gasteiger partial charge on any atom is -0.417 e. The second-order valence-corrected chi connectivity index (χ2v) is 49.6. The van der Waals surface area contributed by atoms with Crippen LogP contribution in [0.2, 0.25) is 88.6 Å². The Kier molecular flexibility index (Phi) is 14.1. The van der Waals surface area contributed by atoms with Gasteiger partial charge in [-0.25, -0.2) is 0 Å². The number of allylic oxidation sites excluding steroid dienone is 8. The molecule has 5 fully saturated rings. The monoisotopic (exact) mass is 951 g/mol. The predicted molar refractivity (Wildman–Crippen MR) is 273 cm³/mol. The zero-order valence-electron chi connectivity index (χ0n) is 41.0. The molecule has 5 nitrogen and oxygen atoms in total. The SMILES string of the molecule is C[Si](C)(CCC1CC2C=CC1C2)O[Si](C)(O[Si](C)(C)CCC1CC2C=CC1C2)O[Si](O[Si](C)(C)CCC1CC2C=CC1C2)(O[Si](C)(C)CCC1CC2C=CC1C2)C1CCCCC1. The molecule has 0 spiro atoms. The minimum absolute atomic E-state index is 0.334. The lowest BCUT2D eigenvalue weighted by Crippen LogP contribution is -2.68. The van der Waals surface area contributed by atoms with Crippen molar-refractivity contribution in [2.24, 2.45) is 71.0 Å². The number of rotatable bonds is 23. The lowest BCUT2D eigenvalue weighted by atomic mass is 9.91. The Hall–Kier alpha value is 0.0613. The fourth-order valence-corrected chi connectivity index (χ4v) is 43.6. The molecule has 0 radical (unpaired) electrons. The molecule has 12 atom stereocenters. The van der Waals surface area contributed by atoms with Gasteiger partial charge in [0.2, 0.25) is 0 Å². The van der Waals surface area contributed by atoms with Gasteiger partial charge in [0.15, 0.2) is 33.3 Å². The summed E-state index contributed by atoms with van der Waals surface area (Å²) >= 11 is 0. The number of hydrogen-bond acceptors (Lipinski definition) is 5. The lowest BCUT2D eigenvalue weighted by molar-refractivity contribution is 0.157. The summed E-state index contributed by atoms with van der Waals surface area (Å²) in [4.78, 5) is 0. The van der Waals surface area contributed by atoms with Crippen molar-refractivity contribution < 1.29 is 20.6 Å². The third-order valence-electron chi connectivity index (χ3n) is 18.3. The second-order valence-electron chi connectivity index (χ2n) is 25.7. The van der Waals surface area contributed by atoms with Crippen LogP contribution in [-0.2, 0) is 20.6 Å². The first-order valence-corrected chi connectivity index (χ1v) is 43.0. The van der Waals surface area contributed by atoms with Crippen LogP contribution in [0.5, 0.6) is 0 Å². The average molecular weight is 952 g/mol. The molecular weight excluding hydrogens is 861 g/mol. The first-order valence-electron chi connectivity index (χ1n) is 26.6. The van der Waals surface area contributed by atoms with Gasteiger partial charge in [0.05, 0.1) is 0 Å². The van der Waals surface area contributed by atoms with Gasteiger partial charge in [-0.15, -0.1) is 0 Å². The summed E-state index contributed by atoms with van der Waals surface area (Å²) in [6, 6.07) is 4.75. The van der Waals surface area contributed by atoms with E-state index in [2.05, 4.69) is 108 Å². The van der Waals surface area contributed by atoms with E-state index in [0.29, 0.717) is 5.54 Å². The van der Waals surface area contributed by atoms with Gasteiger partial charge in [-0.3, -0.25) is 0 Å². The summed E-state index contributed by atoms with van der Waals surface area (Å²) in [6.45, 7) is 22.5. The van der Waals surface area contributed by atoms with Crippen molar-refractivity contribution in [3.8, 4) is 0 Å². The molecule has 0 saturated heterocycles. The van der Waals surface area contributed by atoms with Gasteiger partial charge in [0, 0.05) is 12.1 Å². The highest BCUT2D eigenvalue weighted by atomic mass is 28.5. The fraction of sp³-hybridized carbons (Fsp3) is 0.843. The van der Waals surface area contributed by atoms with Gasteiger partial charge in [-0.1, -0.05) is 93.6 Å². The van der Waals surface area contributed by atoms with Gasteiger partial charge in [0.25, 0.3) is 0 Å². The van der Waals surface area contributed by atoms with E-state index < -0.39 is 50.9 Å². The quantitative estimate of drug-likeness (QED) is 0.0754. The van der Waals surface area contributed by atoms with Gasteiger partial charge < -0.3 is 20.6 Å². The highest BCUT2D eigenvalue weighted by Gasteiger charge is 2.62. The molecule has 0 aromatic carbocycles. The first-order chi connectivity index (χ1) is 29.3. The molecule has 11 heteroatoms. The summed E-state index contributed by atoms with van der Waals surface area (Å²) in [5.74, 6) is 9.66. The van der Waals surface area contributed by atoms with Gasteiger partial charge in [-0.05, 0) is 212 Å². The van der Waals surface area contributed by atoms with Crippen LogP contribution in [0.15, 0.2) is 48.6 Å². The Morgan fingerprint density at radius 2 is 0.661 bits per heavy atom. The Morgan fingerprint density at radius 1 is 0.355 bits per heavy atom. The summed E-state index contributed by atoms with van der Waals surface area (Å²) in [5.41, 5.74) is 0.334. The third kappa shape index (κ3) is 11.3. The molecule has 0 aromatic heterocycles. The summed E-state index contributed by atoms with van der Waals surface area (Å²) in [6.07, 6.45) is 42.5. The van der Waals surface area contributed by atoms with Crippen LogP contribution in [0, 0.1) is 71.0 Å². The van der Waals surface area contributed by atoms with Crippen LogP contribution in [0.4, 0.5) is 0 Å². The van der Waals surface area contributed by atoms with Crippen LogP contribution < -0.4 is 0 Å². The van der Waals surface area contributed by atoms with E-state index in [4.69, 9.17) is 20.6 Å². The van der Waals surface area contributed by atoms with Crippen molar-refractivity contribution >= 4 is 50.9 Å². The molecule has 8 bridgehead atoms. The maximum absolute atomic E-state index is 8.28. The van der Waals surface area contributed by atoms with Crippen LogP contribution >= 0.6 is 0 Å². The Morgan fingerprint density at radius 3 is 0.935 bits per heavy atom. The molecule has 62 heavy (non-hydrogen) atoms. The third-order valence-corrected chi connectivity index (χ3v) is 42.6. The van der Waals surface area contributed by atoms with Crippen molar-refractivity contribution in [3.05, 3.63) is 48.6 Å². The van der Waals surface area contributed by atoms with E-state index in [1.165, 1.54) is 120 Å². The van der Waals surface area contributed by atoms with Crippen molar-refractivity contribution in [2.45, 2.75) is 198 Å². The number of hydrogen-bond donors (Lipinski definition) is 0. The zero-order chi connectivity index (χ0) is 43.5. The fourth-order valence-electron chi connectivity index (χ4n) is 15.1. The van der Waals surface area contributed by atoms with E-state index in [0.717, 1.165) is 83.9 Å². The maximum Gasteiger partial charge on any atom is 0.475 e. The van der Waals surface area contributed by atoms with Gasteiger partial charge in [0.1, 0.15) is 0 Å². The van der Waals surface area contributed by atoms with Crippen molar-refractivity contribution in [3.63, 3.8) is 0 Å². The Balaban J connectivity index is 1.01. The molecule has 5 saturated carbocycles. The summed E-state index contributed by atoms with van der Waals surface area (Å²) < 4.78 is 40.4. The van der Waals surface area contributed by atoms with E-state index in [1.54, 1.807) is 0 Å². The molecule has 0 aromatic rings. The largest absolute Gasteiger partial charge is 0.475 e. The Bertz CT molecular complexity index is 1580. The molecule has 0 amide bonds. The maximum atomic E-state index is 8.28. The van der Waals surface area contributed by atoms with Crippen molar-refractivity contribution in [1.82, 2.24) is 0 Å². The molecule has 348 valence electrons. The Labute approximate surface area is 386 Å². The predicted octanol–water partition coefficient (Wildman–Crippen LogP) is 15.1. The smallest absolute Gasteiger partial charge is 0.417 e. The van der Waals surface area contributed by atoms with Crippen LogP contribution in [0.25, 0.3) is 0 Å². The van der Waals surface area contributed by atoms with Crippen LogP contribution in [0.3, 0.4) is 0 Å². The highest BCUT2D eigenvalue weighted by molar-refractivity contribution is 6.93. The molecule has 9 aliphatic carbocycles. The van der Waals surface area contributed by atoms with E-state index in [9.17, 15) is 0 Å². The molecule has 0 aliphatic heterocycles. The molecule has 9 rings (SSSR count). The summed E-state index contributed by atoms with van der Waals surface area (Å²) in [5, 5.41) is 0. The molecule has 0 heterocycles. The average Bonchev–Trinajstić information content (AvgIpc) is 4.08. The normalized spacial score (nSPS) is 38.0. The van der Waals surface area contributed by atoms with E-state index >= 15 is 0 Å². The molecule has 0 N–H and O–H groups in total. The van der Waals surface area contributed by atoms with Gasteiger partial charge >= 0.3 is 17.6 Å². The molecular formula is C51H90O5Si6. The van der Waals surface area contributed by atoms with Crippen molar-refractivity contribution in [1.29, 1.82) is 0 Å². The number of fused-ring (bicyclic) bond motifs is 8. The first kappa shape index (κ1) is 47.1. The minimum atomic E-state index is -3.37. The lowest BCUT2D eigenvalue weighted by Gasteiger charge is -2.51. The van der Waals surface area contributed by atoms with E-state index in [-0.39, 0.29) is 0 Å². The summed E-state index contributed by atoms with van der Waals surface area (Å²) in [7, 11) is -15.6. The van der Waals surface area contributed by atoms with E-state index in [1.807, 2.05) is 0 Å². The topological polar surface area (TPSA) is 46.2 Å². The van der Waals surface area contributed by atoms with Crippen LogP contribution in [0.1, 0.15) is 109 Å². The molecule has 9 aliphatic rings. The highest BCUT2D eigenvalue weighted by Crippen LogP contribution is 2.52. The standard InChI is InChI=1S/C51H90O5Si6/c1-57(2,27-23-47-35-39-15-19-43(47)31-39)52-61(9,53-58(3,4)28-24-48-36-40-16-20-44(48)32-40)56-62(51-13-11-10-12-14-51,54-59(5,6)29-25-49-37-41-17-21-45(49)33-41)55-60(7,8)30-26-50-38-42-18-22-46(50)34-42/h15-22,39-51H,10-14,23-38H2,1-9H3. The van der Waals surface area contributed by atoms with Crippen LogP contribution in [-0.4, -0.2) is 50.9 Å². The second kappa shape index (κ2) is 18.5. The van der Waals surface area contributed by atoms with Crippen molar-refractivity contribution in [2.75, 3.05) is 0 Å². The molecule has 12 unspecified atom stereocenters.